The number of thiol groups is 1. The third-order valence-corrected chi connectivity index (χ3v) is 4.32. The number of aromatic nitrogens is 2. The molecule has 0 fully saturated rings. The second-order valence-corrected chi connectivity index (χ2v) is 6.74. The molecule has 1 heterocycles. The van der Waals surface area contributed by atoms with Gasteiger partial charge in [0.25, 0.3) is 0 Å². The number of aromatic amines is 1. The lowest BCUT2D eigenvalue weighted by molar-refractivity contribution is -0.147. The number of nitrogens with zero attached hydrogens (tertiary/aromatic N) is 1. The summed E-state index contributed by atoms with van der Waals surface area (Å²) in [7, 11) is 0. The standard InChI is InChI=1S/C16H24N6O8S/c17-8(1-7-3-18-6-19-7)13(26)21-10(4-23)14(27)22-11(5-31)15(28)20-9(16(29)30)2-12(24)25/h3,6,8-11,23,31H,1-2,4-5,17H2,(H,18,19)(H,20,28)(H,21,26)(H,22,27)(H,24,25)(H,29,30). The van der Waals surface area contributed by atoms with Gasteiger partial charge in [-0.25, -0.2) is 9.78 Å². The number of aliphatic hydroxyl groups is 1. The Morgan fingerprint density at radius 3 is 2.10 bits per heavy atom. The minimum atomic E-state index is -1.72. The zero-order chi connectivity index (χ0) is 23.6. The Bertz CT molecular complexity index is 789. The molecule has 0 bridgehead atoms. The minimum absolute atomic E-state index is 0.0907. The van der Waals surface area contributed by atoms with E-state index in [9.17, 15) is 29.1 Å². The second-order valence-electron chi connectivity index (χ2n) is 6.37. The predicted molar refractivity (Wildman–Crippen MR) is 107 cm³/mol. The van der Waals surface area contributed by atoms with E-state index >= 15 is 0 Å². The molecule has 0 radical (unpaired) electrons. The summed E-state index contributed by atoms with van der Waals surface area (Å²) in [6.45, 7) is -0.813. The first-order valence-corrected chi connectivity index (χ1v) is 9.52. The third-order valence-electron chi connectivity index (χ3n) is 3.96. The van der Waals surface area contributed by atoms with Crippen LogP contribution in [0.2, 0.25) is 0 Å². The predicted octanol–water partition coefficient (Wildman–Crippen LogP) is -3.78. The highest BCUT2D eigenvalue weighted by Crippen LogP contribution is 1.99. The number of nitrogens with two attached hydrogens (primary N) is 1. The van der Waals surface area contributed by atoms with E-state index in [1.807, 2.05) is 5.32 Å². The summed E-state index contributed by atoms with van der Waals surface area (Å²) < 4.78 is 0. The quantitative estimate of drug-likeness (QED) is 0.130. The number of hydrogen-bond donors (Lipinski definition) is 9. The van der Waals surface area contributed by atoms with Crippen LogP contribution in [0.1, 0.15) is 12.1 Å². The van der Waals surface area contributed by atoms with Crippen LogP contribution in [-0.4, -0.2) is 91.5 Å². The molecule has 4 unspecified atom stereocenters. The number of amides is 3. The van der Waals surface area contributed by atoms with Crippen molar-refractivity contribution in [1.29, 1.82) is 0 Å². The maximum atomic E-state index is 12.4. The summed E-state index contributed by atoms with van der Waals surface area (Å²) in [5.41, 5.74) is 6.33. The maximum absolute atomic E-state index is 12.4. The Labute approximate surface area is 181 Å². The maximum Gasteiger partial charge on any atom is 0.326 e. The van der Waals surface area contributed by atoms with Gasteiger partial charge in [0.15, 0.2) is 0 Å². The van der Waals surface area contributed by atoms with Crippen molar-refractivity contribution in [1.82, 2.24) is 25.9 Å². The van der Waals surface area contributed by atoms with Crippen LogP contribution in [0.15, 0.2) is 12.5 Å². The fourth-order valence-electron chi connectivity index (χ4n) is 2.31. The molecule has 0 aliphatic heterocycles. The van der Waals surface area contributed by atoms with Crippen molar-refractivity contribution >= 4 is 42.3 Å². The molecule has 0 aliphatic rings. The van der Waals surface area contributed by atoms with Crippen LogP contribution in [0.3, 0.4) is 0 Å². The van der Waals surface area contributed by atoms with Crippen LogP contribution in [0, 0.1) is 0 Å². The number of rotatable bonds is 13. The van der Waals surface area contributed by atoms with Crippen LogP contribution in [0.4, 0.5) is 0 Å². The Balaban J connectivity index is 2.70. The van der Waals surface area contributed by atoms with Crippen molar-refractivity contribution in [2.45, 2.75) is 37.0 Å². The lowest BCUT2D eigenvalue weighted by Crippen LogP contribution is -2.58. The first kappa shape index (κ1) is 25.9. The SMILES string of the molecule is NC(Cc1cnc[nH]1)C(=O)NC(CO)C(=O)NC(CS)C(=O)NC(CC(=O)O)C(=O)O. The van der Waals surface area contributed by atoms with Gasteiger partial charge in [-0.2, -0.15) is 12.6 Å². The number of aliphatic carboxylic acids is 2. The molecule has 31 heavy (non-hydrogen) atoms. The van der Waals surface area contributed by atoms with Gasteiger partial charge in [0.05, 0.1) is 25.4 Å². The Kier molecular flexibility index (Phi) is 10.4. The molecule has 15 heteroatoms. The molecule has 1 aromatic rings. The van der Waals surface area contributed by atoms with Gasteiger partial charge in [-0.05, 0) is 0 Å². The molecule has 0 saturated heterocycles. The van der Waals surface area contributed by atoms with Crippen LogP contribution < -0.4 is 21.7 Å². The molecule has 0 spiro atoms. The summed E-state index contributed by atoms with van der Waals surface area (Å²) in [6, 6.07) is -5.60. The van der Waals surface area contributed by atoms with E-state index < -0.39 is 66.9 Å². The normalized spacial score (nSPS) is 14.5. The van der Waals surface area contributed by atoms with Crippen molar-refractivity contribution in [2.24, 2.45) is 5.73 Å². The minimum Gasteiger partial charge on any atom is -0.481 e. The molecular formula is C16H24N6O8S. The first-order chi connectivity index (χ1) is 14.6. The Morgan fingerprint density at radius 2 is 1.61 bits per heavy atom. The van der Waals surface area contributed by atoms with E-state index in [1.165, 1.54) is 12.5 Å². The summed E-state index contributed by atoms with van der Waals surface area (Å²) >= 11 is 3.90. The van der Waals surface area contributed by atoms with Gasteiger partial charge < -0.3 is 42.0 Å². The molecule has 9 N–H and O–H groups in total. The lowest BCUT2D eigenvalue weighted by Gasteiger charge is -2.23. The number of carbonyl (C=O) groups is 5. The highest BCUT2D eigenvalue weighted by Gasteiger charge is 2.30. The molecule has 0 aromatic carbocycles. The van der Waals surface area contributed by atoms with E-state index in [0.29, 0.717) is 5.69 Å². The molecule has 0 saturated carbocycles. The molecule has 172 valence electrons. The van der Waals surface area contributed by atoms with E-state index in [0.717, 1.165) is 0 Å². The lowest BCUT2D eigenvalue weighted by atomic mass is 10.1. The molecule has 3 amide bonds. The van der Waals surface area contributed by atoms with Gasteiger partial charge in [0.2, 0.25) is 17.7 Å². The molecule has 1 aromatic heterocycles. The van der Waals surface area contributed by atoms with Crippen molar-refractivity contribution < 1.29 is 39.3 Å². The fourth-order valence-corrected chi connectivity index (χ4v) is 2.57. The number of carbonyl (C=O) groups excluding carboxylic acids is 3. The summed E-state index contributed by atoms with van der Waals surface area (Å²) in [5, 5.41) is 33.6. The van der Waals surface area contributed by atoms with Crippen LogP contribution in [-0.2, 0) is 30.4 Å². The van der Waals surface area contributed by atoms with Gasteiger partial charge in [-0.3, -0.25) is 19.2 Å². The average molecular weight is 460 g/mol. The molecular weight excluding hydrogens is 436 g/mol. The second kappa shape index (κ2) is 12.5. The van der Waals surface area contributed by atoms with Gasteiger partial charge >= 0.3 is 11.9 Å². The number of carboxylic acid groups (broad SMARTS) is 2. The largest absolute Gasteiger partial charge is 0.481 e. The van der Waals surface area contributed by atoms with Gasteiger partial charge in [-0.1, -0.05) is 0 Å². The summed E-state index contributed by atoms with van der Waals surface area (Å²) in [5.74, 6) is -6.01. The number of H-pyrrole nitrogens is 1. The molecule has 1 rings (SSSR count). The van der Waals surface area contributed by atoms with Crippen LogP contribution in [0.5, 0.6) is 0 Å². The zero-order valence-electron chi connectivity index (χ0n) is 16.1. The topological polar surface area (TPSA) is 237 Å². The number of carboxylic acids is 2. The van der Waals surface area contributed by atoms with Gasteiger partial charge in [-0.15, -0.1) is 0 Å². The summed E-state index contributed by atoms with van der Waals surface area (Å²) in [4.78, 5) is 65.1. The number of hydrogen-bond acceptors (Lipinski definition) is 9. The number of aliphatic hydroxyl groups excluding tert-OH is 1. The van der Waals surface area contributed by atoms with Gasteiger partial charge in [0, 0.05) is 24.1 Å². The van der Waals surface area contributed by atoms with Crippen molar-refractivity contribution in [3.05, 3.63) is 18.2 Å². The molecule has 0 aliphatic carbocycles. The summed E-state index contributed by atoms with van der Waals surface area (Å²) in [6.07, 6.45) is 2.08. The number of imidazole rings is 1. The zero-order valence-corrected chi connectivity index (χ0v) is 17.0. The molecule has 4 atom stereocenters. The van der Waals surface area contributed by atoms with E-state index in [2.05, 4.69) is 33.2 Å². The third kappa shape index (κ3) is 8.61. The van der Waals surface area contributed by atoms with Crippen LogP contribution in [0.25, 0.3) is 0 Å². The fraction of sp³-hybridized carbons (Fsp3) is 0.500. The average Bonchev–Trinajstić information content (AvgIpc) is 3.21. The van der Waals surface area contributed by atoms with Crippen molar-refractivity contribution in [3.63, 3.8) is 0 Å². The molecule has 14 nitrogen and oxygen atoms in total. The van der Waals surface area contributed by atoms with E-state index in [1.54, 1.807) is 0 Å². The highest BCUT2D eigenvalue weighted by molar-refractivity contribution is 7.80. The Morgan fingerprint density at radius 1 is 1.03 bits per heavy atom. The van der Waals surface area contributed by atoms with Crippen molar-refractivity contribution in [3.8, 4) is 0 Å². The number of nitrogens with one attached hydrogen (secondary N) is 4. The highest BCUT2D eigenvalue weighted by atomic mass is 32.1. The first-order valence-electron chi connectivity index (χ1n) is 8.89. The Hall–Kier alpha value is -3.17. The van der Waals surface area contributed by atoms with E-state index in [-0.39, 0.29) is 12.2 Å². The monoisotopic (exact) mass is 460 g/mol. The van der Waals surface area contributed by atoms with Gasteiger partial charge in [0.1, 0.15) is 18.1 Å². The smallest absolute Gasteiger partial charge is 0.326 e. The van der Waals surface area contributed by atoms with E-state index in [4.69, 9.17) is 15.9 Å². The van der Waals surface area contributed by atoms with Crippen LogP contribution >= 0.6 is 12.6 Å². The van der Waals surface area contributed by atoms with Crippen molar-refractivity contribution in [2.75, 3.05) is 12.4 Å².